The van der Waals surface area contributed by atoms with Crippen LogP contribution in [0.4, 0.5) is 0 Å². The molecular weight excluding hydrogens is 266 g/mol. The Morgan fingerprint density at radius 2 is 2.05 bits per heavy atom. The maximum Gasteiger partial charge on any atom is 0.246 e. The zero-order valence-corrected chi connectivity index (χ0v) is 12.1. The van der Waals surface area contributed by atoms with Gasteiger partial charge in [-0.3, -0.25) is 9.78 Å². The van der Waals surface area contributed by atoms with Gasteiger partial charge in [0.25, 0.3) is 0 Å². The zero-order valence-electron chi connectivity index (χ0n) is 12.1. The highest BCUT2D eigenvalue weighted by molar-refractivity contribution is 5.91. The van der Waals surface area contributed by atoms with Gasteiger partial charge < -0.3 is 10.0 Å². The van der Waals surface area contributed by atoms with Crippen molar-refractivity contribution in [3.8, 4) is 0 Å². The quantitative estimate of drug-likeness (QED) is 0.823. The van der Waals surface area contributed by atoms with Crippen LogP contribution in [0, 0.1) is 0 Å². The number of aromatic nitrogens is 2. The Bertz CT molecular complexity index is 634. The summed E-state index contributed by atoms with van der Waals surface area (Å²) >= 11 is 0. The van der Waals surface area contributed by atoms with E-state index in [-0.39, 0.29) is 12.5 Å². The van der Waals surface area contributed by atoms with Crippen molar-refractivity contribution in [2.24, 2.45) is 0 Å². The van der Waals surface area contributed by atoms with Gasteiger partial charge in [0.15, 0.2) is 0 Å². The molecule has 1 heterocycles. The van der Waals surface area contributed by atoms with Gasteiger partial charge >= 0.3 is 0 Å². The van der Waals surface area contributed by atoms with Gasteiger partial charge in [-0.15, -0.1) is 0 Å². The predicted molar refractivity (Wildman–Crippen MR) is 82.5 cm³/mol. The van der Waals surface area contributed by atoms with Gasteiger partial charge in [0.05, 0.1) is 29.5 Å². The SMILES string of the molecule is CCCN(CCO)C(=O)/C=C/c1cnc2ccccc2n1. The third kappa shape index (κ3) is 4.10. The lowest BCUT2D eigenvalue weighted by atomic mass is 10.3. The fourth-order valence-corrected chi connectivity index (χ4v) is 2.04. The molecule has 0 saturated carbocycles. The number of hydrogen-bond acceptors (Lipinski definition) is 4. The highest BCUT2D eigenvalue weighted by atomic mass is 16.3. The van der Waals surface area contributed by atoms with Crippen LogP contribution in [0.25, 0.3) is 17.1 Å². The summed E-state index contributed by atoms with van der Waals surface area (Å²) in [6.07, 6.45) is 5.63. The van der Waals surface area contributed by atoms with E-state index in [2.05, 4.69) is 9.97 Å². The highest BCUT2D eigenvalue weighted by Gasteiger charge is 2.08. The minimum Gasteiger partial charge on any atom is -0.395 e. The number of para-hydroxylation sites is 2. The summed E-state index contributed by atoms with van der Waals surface area (Å²) in [5.41, 5.74) is 2.27. The molecule has 0 aliphatic heterocycles. The monoisotopic (exact) mass is 285 g/mol. The molecule has 5 heteroatoms. The van der Waals surface area contributed by atoms with E-state index in [0.29, 0.717) is 18.8 Å². The maximum atomic E-state index is 12.0. The third-order valence-electron chi connectivity index (χ3n) is 3.04. The van der Waals surface area contributed by atoms with Crippen LogP contribution < -0.4 is 0 Å². The fourth-order valence-electron chi connectivity index (χ4n) is 2.04. The average Bonchev–Trinajstić information content (AvgIpc) is 2.52. The van der Waals surface area contributed by atoms with Gasteiger partial charge in [-0.1, -0.05) is 19.1 Å². The van der Waals surface area contributed by atoms with Gasteiger partial charge in [-0.25, -0.2) is 4.98 Å². The molecule has 1 aromatic heterocycles. The number of carbonyl (C=O) groups excluding carboxylic acids is 1. The van der Waals surface area contributed by atoms with E-state index < -0.39 is 0 Å². The molecule has 2 rings (SSSR count). The van der Waals surface area contributed by atoms with Crippen LogP contribution in [-0.4, -0.2) is 45.6 Å². The zero-order chi connectivity index (χ0) is 15.1. The fraction of sp³-hybridized carbons (Fsp3) is 0.312. The molecule has 0 fully saturated rings. The van der Waals surface area contributed by atoms with E-state index in [1.807, 2.05) is 31.2 Å². The molecule has 0 spiro atoms. The van der Waals surface area contributed by atoms with Crippen molar-refractivity contribution in [1.82, 2.24) is 14.9 Å². The van der Waals surface area contributed by atoms with E-state index in [4.69, 9.17) is 5.11 Å². The molecule has 1 N–H and O–H groups in total. The number of rotatable bonds is 6. The number of hydrogen-bond donors (Lipinski definition) is 1. The van der Waals surface area contributed by atoms with Crippen molar-refractivity contribution in [2.75, 3.05) is 19.7 Å². The number of nitrogens with zero attached hydrogens (tertiary/aromatic N) is 3. The Balaban J connectivity index is 2.12. The number of carbonyl (C=O) groups is 1. The Morgan fingerprint density at radius 1 is 1.29 bits per heavy atom. The molecule has 0 unspecified atom stereocenters. The van der Waals surface area contributed by atoms with E-state index in [1.165, 1.54) is 6.08 Å². The van der Waals surface area contributed by atoms with E-state index in [1.54, 1.807) is 17.2 Å². The maximum absolute atomic E-state index is 12.0. The first kappa shape index (κ1) is 15.1. The van der Waals surface area contributed by atoms with Crippen molar-refractivity contribution in [2.45, 2.75) is 13.3 Å². The number of benzene rings is 1. The smallest absolute Gasteiger partial charge is 0.246 e. The van der Waals surface area contributed by atoms with Gasteiger partial charge in [-0.05, 0) is 24.6 Å². The first-order valence-corrected chi connectivity index (χ1v) is 7.04. The van der Waals surface area contributed by atoms with Crippen LogP contribution in [-0.2, 0) is 4.79 Å². The molecule has 1 aromatic carbocycles. The second kappa shape index (κ2) is 7.50. The molecule has 0 aliphatic carbocycles. The third-order valence-corrected chi connectivity index (χ3v) is 3.04. The van der Waals surface area contributed by atoms with Gasteiger partial charge in [0, 0.05) is 19.2 Å². The normalized spacial score (nSPS) is 11.1. The van der Waals surface area contributed by atoms with E-state index >= 15 is 0 Å². The van der Waals surface area contributed by atoms with E-state index in [9.17, 15) is 4.79 Å². The minimum absolute atomic E-state index is 0.0324. The van der Waals surface area contributed by atoms with Gasteiger partial charge in [-0.2, -0.15) is 0 Å². The van der Waals surface area contributed by atoms with Crippen LogP contribution in [0.3, 0.4) is 0 Å². The number of amides is 1. The molecule has 110 valence electrons. The summed E-state index contributed by atoms with van der Waals surface area (Å²) in [6, 6.07) is 7.59. The Labute approximate surface area is 123 Å². The Hall–Kier alpha value is -2.27. The van der Waals surface area contributed by atoms with Gasteiger partial charge in [0.1, 0.15) is 0 Å². The minimum atomic E-state index is -0.124. The Morgan fingerprint density at radius 3 is 2.76 bits per heavy atom. The molecule has 2 aromatic rings. The summed E-state index contributed by atoms with van der Waals surface area (Å²) < 4.78 is 0. The summed E-state index contributed by atoms with van der Waals surface area (Å²) in [4.78, 5) is 22.4. The Kier molecular flexibility index (Phi) is 5.40. The van der Waals surface area contributed by atoms with E-state index in [0.717, 1.165) is 17.5 Å². The first-order valence-electron chi connectivity index (χ1n) is 7.04. The molecule has 0 saturated heterocycles. The largest absolute Gasteiger partial charge is 0.395 e. The van der Waals surface area contributed by atoms with Gasteiger partial charge in [0.2, 0.25) is 5.91 Å². The summed E-state index contributed by atoms with van der Waals surface area (Å²) in [5.74, 6) is -0.124. The van der Waals surface area contributed by atoms with Crippen LogP contribution >= 0.6 is 0 Å². The molecule has 0 atom stereocenters. The molecule has 1 amide bonds. The van der Waals surface area contributed by atoms with Crippen molar-refractivity contribution < 1.29 is 9.90 Å². The van der Waals surface area contributed by atoms with Crippen molar-refractivity contribution in [3.63, 3.8) is 0 Å². The number of aliphatic hydroxyl groups is 1. The molecule has 21 heavy (non-hydrogen) atoms. The average molecular weight is 285 g/mol. The molecule has 0 aliphatic rings. The highest BCUT2D eigenvalue weighted by Crippen LogP contribution is 2.09. The van der Waals surface area contributed by atoms with Crippen LogP contribution in [0.15, 0.2) is 36.5 Å². The van der Waals surface area contributed by atoms with Crippen LogP contribution in [0.5, 0.6) is 0 Å². The lowest BCUT2D eigenvalue weighted by molar-refractivity contribution is -0.126. The molecular formula is C16H19N3O2. The molecule has 0 bridgehead atoms. The molecule has 0 radical (unpaired) electrons. The van der Waals surface area contributed by atoms with Crippen molar-refractivity contribution >= 4 is 23.0 Å². The molecule has 5 nitrogen and oxygen atoms in total. The second-order valence-electron chi connectivity index (χ2n) is 4.67. The lowest BCUT2D eigenvalue weighted by Gasteiger charge is -2.18. The lowest BCUT2D eigenvalue weighted by Crippen LogP contribution is -2.32. The van der Waals surface area contributed by atoms with Crippen LogP contribution in [0.2, 0.25) is 0 Å². The summed E-state index contributed by atoms with van der Waals surface area (Å²) in [7, 11) is 0. The predicted octanol–water partition coefficient (Wildman–Crippen LogP) is 1.87. The standard InChI is InChI=1S/C16H19N3O2/c1-2-9-19(10-11-20)16(21)8-7-13-12-17-14-5-3-4-6-15(14)18-13/h3-8,12,20H,2,9-11H2,1H3/b8-7+. The summed E-state index contributed by atoms with van der Waals surface area (Å²) in [6.45, 7) is 2.94. The first-order chi connectivity index (χ1) is 10.2. The topological polar surface area (TPSA) is 66.3 Å². The number of fused-ring (bicyclic) bond motifs is 1. The summed E-state index contributed by atoms with van der Waals surface area (Å²) in [5, 5.41) is 8.98. The van der Waals surface area contributed by atoms with Crippen LogP contribution in [0.1, 0.15) is 19.0 Å². The number of aliphatic hydroxyl groups excluding tert-OH is 1. The van der Waals surface area contributed by atoms with Crippen molar-refractivity contribution in [1.29, 1.82) is 0 Å². The van der Waals surface area contributed by atoms with Crippen molar-refractivity contribution in [3.05, 3.63) is 42.2 Å². The second-order valence-corrected chi connectivity index (χ2v) is 4.67.